The van der Waals surface area contributed by atoms with Crippen LogP contribution in [0.1, 0.15) is 30.0 Å². The highest BCUT2D eigenvalue weighted by Crippen LogP contribution is 2.30. The standard InChI is InChI=1S/C14H18N2O2S/c1-3-11(14-15-7-8-19-14)16-9-10-5-4-6-12(18-2)13(10)17/h4-8,11,16-17H,3,9H2,1-2H3. The molecule has 1 aromatic heterocycles. The number of hydrogen-bond acceptors (Lipinski definition) is 5. The summed E-state index contributed by atoms with van der Waals surface area (Å²) < 4.78 is 5.10. The van der Waals surface area contributed by atoms with Gasteiger partial charge in [-0.2, -0.15) is 0 Å². The Morgan fingerprint density at radius 3 is 2.95 bits per heavy atom. The second kappa shape index (κ2) is 6.54. The van der Waals surface area contributed by atoms with Crippen LogP contribution in [0.15, 0.2) is 29.8 Å². The number of benzene rings is 1. The summed E-state index contributed by atoms with van der Waals surface area (Å²) in [7, 11) is 1.55. The largest absolute Gasteiger partial charge is 0.504 e. The van der Waals surface area contributed by atoms with Gasteiger partial charge in [0, 0.05) is 23.7 Å². The van der Waals surface area contributed by atoms with Gasteiger partial charge in [-0.05, 0) is 12.5 Å². The summed E-state index contributed by atoms with van der Waals surface area (Å²) in [5.41, 5.74) is 0.828. The molecule has 0 bridgehead atoms. The summed E-state index contributed by atoms with van der Waals surface area (Å²) in [6.45, 7) is 2.70. The van der Waals surface area contributed by atoms with Crippen LogP contribution < -0.4 is 10.1 Å². The summed E-state index contributed by atoms with van der Waals surface area (Å²) in [5.74, 6) is 0.702. The van der Waals surface area contributed by atoms with Crippen molar-refractivity contribution in [3.63, 3.8) is 0 Å². The summed E-state index contributed by atoms with van der Waals surface area (Å²) in [6, 6.07) is 5.72. The minimum atomic E-state index is 0.200. The van der Waals surface area contributed by atoms with E-state index < -0.39 is 0 Å². The zero-order valence-electron chi connectivity index (χ0n) is 11.1. The van der Waals surface area contributed by atoms with Crippen LogP contribution in [0.4, 0.5) is 0 Å². The van der Waals surface area contributed by atoms with Crippen LogP contribution in [0.5, 0.6) is 11.5 Å². The first-order valence-corrected chi connectivity index (χ1v) is 7.11. The molecule has 1 heterocycles. The summed E-state index contributed by atoms with van der Waals surface area (Å²) in [4.78, 5) is 4.32. The second-order valence-corrected chi connectivity index (χ2v) is 5.11. The Kier molecular flexibility index (Phi) is 4.76. The van der Waals surface area contributed by atoms with Gasteiger partial charge in [-0.3, -0.25) is 0 Å². The van der Waals surface area contributed by atoms with E-state index in [1.54, 1.807) is 24.5 Å². The Bertz CT molecular complexity index is 514. The number of nitrogens with zero attached hydrogens (tertiary/aromatic N) is 1. The molecule has 1 unspecified atom stereocenters. The Morgan fingerprint density at radius 2 is 2.32 bits per heavy atom. The molecule has 1 atom stereocenters. The van der Waals surface area contributed by atoms with E-state index in [4.69, 9.17) is 4.74 Å². The molecule has 0 saturated carbocycles. The molecule has 5 heteroatoms. The van der Waals surface area contributed by atoms with Gasteiger partial charge in [0.25, 0.3) is 0 Å². The molecule has 0 radical (unpaired) electrons. The smallest absolute Gasteiger partial charge is 0.162 e. The van der Waals surface area contributed by atoms with Crippen LogP contribution in [-0.2, 0) is 6.54 Å². The van der Waals surface area contributed by atoms with E-state index in [2.05, 4.69) is 17.2 Å². The molecule has 1 aromatic carbocycles. The third-order valence-electron chi connectivity index (χ3n) is 3.00. The molecule has 2 rings (SSSR count). The summed E-state index contributed by atoms with van der Waals surface area (Å²) >= 11 is 1.64. The van der Waals surface area contributed by atoms with Gasteiger partial charge in [0.2, 0.25) is 0 Å². The molecule has 0 amide bonds. The lowest BCUT2D eigenvalue weighted by molar-refractivity contribution is 0.368. The first-order valence-electron chi connectivity index (χ1n) is 6.23. The predicted octanol–water partition coefficient (Wildman–Crippen LogP) is 3.10. The molecule has 0 aliphatic rings. The highest BCUT2D eigenvalue weighted by Gasteiger charge is 2.13. The Balaban J connectivity index is 2.06. The van der Waals surface area contributed by atoms with Gasteiger partial charge in [0.1, 0.15) is 5.01 Å². The average molecular weight is 278 g/mol. The number of hydrogen-bond donors (Lipinski definition) is 2. The molecule has 4 nitrogen and oxygen atoms in total. The quantitative estimate of drug-likeness (QED) is 0.852. The van der Waals surface area contributed by atoms with Crippen molar-refractivity contribution in [2.45, 2.75) is 25.9 Å². The van der Waals surface area contributed by atoms with Crippen molar-refractivity contribution in [1.29, 1.82) is 0 Å². The molecule has 102 valence electrons. The van der Waals surface area contributed by atoms with Crippen molar-refractivity contribution in [2.24, 2.45) is 0 Å². The number of phenolic OH excluding ortho intramolecular Hbond substituents is 1. The third kappa shape index (κ3) is 3.24. The van der Waals surface area contributed by atoms with Crippen molar-refractivity contribution >= 4 is 11.3 Å². The molecular weight excluding hydrogens is 260 g/mol. The fourth-order valence-corrected chi connectivity index (χ4v) is 2.72. The SMILES string of the molecule is CCC(NCc1cccc(OC)c1O)c1nccs1. The first-order chi connectivity index (χ1) is 9.26. The number of thiazole rings is 1. The van der Waals surface area contributed by atoms with Gasteiger partial charge >= 0.3 is 0 Å². The number of ether oxygens (including phenoxy) is 1. The van der Waals surface area contributed by atoms with Crippen LogP contribution in [-0.4, -0.2) is 17.2 Å². The van der Waals surface area contributed by atoms with Gasteiger partial charge in [-0.25, -0.2) is 4.98 Å². The van der Waals surface area contributed by atoms with Crippen molar-refractivity contribution < 1.29 is 9.84 Å². The fourth-order valence-electron chi connectivity index (χ4n) is 1.92. The molecule has 0 spiro atoms. The molecule has 2 aromatic rings. The number of methoxy groups -OCH3 is 1. The minimum absolute atomic E-state index is 0.200. The lowest BCUT2D eigenvalue weighted by atomic mass is 10.1. The van der Waals surface area contributed by atoms with Crippen LogP contribution >= 0.6 is 11.3 Å². The Hall–Kier alpha value is -1.59. The van der Waals surface area contributed by atoms with Crippen LogP contribution in [0, 0.1) is 0 Å². The van der Waals surface area contributed by atoms with E-state index in [9.17, 15) is 5.11 Å². The molecule has 0 fully saturated rings. The molecular formula is C14H18N2O2S. The van der Waals surface area contributed by atoms with Gasteiger partial charge in [-0.15, -0.1) is 11.3 Å². The van der Waals surface area contributed by atoms with E-state index in [1.165, 1.54) is 0 Å². The van der Waals surface area contributed by atoms with Gasteiger partial charge in [0.15, 0.2) is 11.5 Å². The van der Waals surface area contributed by atoms with E-state index >= 15 is 0 Å². The van der Waals surface area contributed by atoms with Crippen molar-refractivity contribution in [2.75, 3.05) is 7.11 Å². The maximum atomic E-state index is 10.0. The van der Waals surface area contributed by atoms with Crippen LogP contribution in [0.3, 0.4) is 0 Å². The number of para-hydroxylation sites is 1. The maximum absolute atomic E-state index is 10.0. The summed E-state index contributed by atoms with van der Waals surface area (Å²) in [6.07, 6.45) is 2.77. The number of rotatable bonds is 6. The molecule has 0 aliphatic heterocycles. The lowest BCUT2D eigenvalue weighted by Gasteiger charge is -2.15. The zero-order chi connectivity index (χ0) is 13.7. The predicted molar refractivity (Wildman–Crippen MR) is 76.6 cm³/mol. The second-order valence-electron chi connectivity index (χ2n) is 4.18. The van der Waals surface area contributed by atoms with E-state index in [0.29, 0.717) is 12.3 Å². The van der Waals surface area contributed by atoms with Gasteiger partial charge < -0.3 is 15.2 Å². The van der Waals surface area contributed by atoms with E-state index in [0.717, 1.165) is 17.0 Å². The Morgan fingerprint density at radius 1 is 1.47 bits per heavy atom. The first kappa shape index (κ1) is 13.8. The normalized spacial score (nSPS) is 12.3. The Labute approximate surface area is 117 Å². The van der Waals surface area contributed by atoms with Crippen molar-refractivity contribution in [3.05, 3.63) is 40.3 Å². The number of aromatic nitrogens is 1. The number of phenols is 1. The maximum Gasteiger partial charge on any atom is 0.162 e. The van der Waals surface area contributed by atoms with Gasteiger partial charge in [-0.1, -0.05) is 19.1 Å². The number of nitrogens with one attached hydrogen (secondary N) is 1. The van der Waals surface area contributed by atoms with Crippen LogP contribution in [0.25, 0.3) is 0 Å². The molecule has 19 heavy (non-hydrogen) atoms. The molecule has 0 saturated heterocycles. The highest BCUT2D eigenvalue weighted by molar-refractivity contribution is 7.09. The number of aromatic hydroxyl groups is 1. The van der Waals surface area contributed by atoms with Crippen LogP contribution in [0.2, 0.25) is 0 Å². The van der Waals surface area contributed by atoms with E-state index in [-0.39, 0.29) is 11.8 Å². The average Bonchev–Trinajstić information content (AvgIpc) is 2.95. The highest BCUT2D eigenvalue weighted by atomic mass is 32.1. The third-order valence-corrected chi connectivity index (χ3v) is 3.89. The zero-order valence-corrected chi connectivity index (χ0v) is 11.9. The minimum Gasteiger partial charge on any atom is -0.504 e. The topological polar surface area (TPSA) is 54.4 Å². The monoisotopic (exact) mass is 278 g/mol. The summed E-state index contributed by atoms with van der Waals surface area (Å²) in [5, 5.41) is 16.5. The molecule has 0 aliphatic carbocycles. The van der Waals surface area contributed by atoms with Gasteiger partial charge in [0.05, 0.1) is 13.2 Å². The van der Waals surface area contributed by atoms with E-state index in [1.807, 2.05) is 23.7 Å². The fraction of sp³-hybridized carbons (Fsp3) is 0.357. The van der Waals surface area contributed by atoms with Crippen molar-refractivity contribution in [1.82, 2.24) is 10.3 Å². The lowest BCUT2D eigenvalue weighted by Crippen LogP contribution is -2.20. The van der Waals surface area contributed by atoms with Crippen molar-refractivity contribution in [3.8, 4) is 11.5 Å². The molecule has 2 N–H and O–H groups in total.